The lowest BCUT2D eigenvalue weighted by molar-refractivity contribution is 0.131. The lowest BCUT2D eigenvalue weighted by Gasteiger charge is -2.42. The summed E-state index contributed by atoms with van der Waals surface area (Å²) in [6.07, 6.45) is 10.00. The average Bonchev–Trinajstić information content (AvgIpc) is 2.66. The van der Waals surface area contributed by atoms with Gasteiger partial charge in [0.15, 0.2) is 0 Å². The van der Waals surface area contributed by atoms with Crippen LogP contribution in [0.15, 0.2) is 24.3 Å². The van der Waals surface area contributed by atoms with Gasteiger partial charge in [-0.25, -0.2) is 4.39 Å². The summed E-state index contributed by atoms with van der Waals surface area (Å²) >= 11 is 0. The lowest BCUT2D eigenvalue weighted by atomic mass is 9.63. The van der Waals surface area contributed by atoms with Crippen LogP contribution in [0, 0.1) is 29.5 Å². The highest BCUT2D eigenvalue weighted by Crippen LogP contribution is 2.48. The largest absolute Gasteiger partial charge is 0.266 e. The van der Waals surface area contributed by atoms with E-state index in [1.807, 2.05) is 6.07 Å². The maximum Gasteiger partial charge on any atom is 0.266 e. The maximum absolute atomic E-state index is 14.9. The Hall–Kier alpha value is -1.25. The fraction of sp³-hybridized carbons (Fsp3) is 0.667. The van der Waals surface area contributed by atoms with E-state index in [1.54, 1.807) is 0 Å². The van der Waals surface area contributed by atoms with E-state index < -0.39 is 6.08 Å². The molecule has 0 spiro atoms. The summed E-state index contributed by atoms with van der Waals surface area (Å²) in [5, 5.41) is 0. The van der Waals surface area contributed by atoms with E-state index >= 15 is 0 Å². The standard InChI is InChI=1S/C24H31F3/c1-2-15-3-5-19-13-22(23(25)14-21(19)9-15)20-8-7-17-10-16(11-24(26)27)4-6-18(17)12-20/h11,13-18,20H,2-10,12H2,1H3. The molecule has 5 unspecified atom stereocenters. The van der Waals surface area contributed by atoms with Gasteiger partial charge in [0.2, 0.25) is 0 Å². The topological polar surface area (TPSA) is 0 Å². The molecular formula is C24H31F3. The molecule has 0 amide bonds. The van der Waals surface area contributed by atoms with E-state index in [1.165, 1.54) is 24.0 Å². The van der Waals surface area contributed by atoms with E-state index in [0.717, 1.165) is 63.0 Å². The molecule has 0 saturated heterocycles. The third kappa shape index (κ3) is 4.12. The van der Waals surface area contributed by atoms with Gasteiger partial charge in [0.25, 0.3) is 6.08 Å². The van der Waals surface area contributed by atoms with Crippen molar-refractivity contribution in [2.45, 2.75) is 77.0 Å². The van der Waals surface area contributed by atoms with Crippen molar-refractivity contribution in [3.05, 3.63) is 46.8 Å². The normalized spacial score (nSPS) is 33.1. The summed E-state index contributed by atoms with van der Waals surface area (Å²) in [6.45, 7) is 2.23. The van der Waals surface area contributed by atoms with Crippen molar-refractivity contribution in [1.29, 1.82) is 0 Å². The van der Waals surface area contributed by atoms with Crippen molar-refractivity contribution < 1.29 is 13.2 Å². The van der Waals surface area contributed by atoms with E-state index in [2.05, 4.69) is 13.0 Å². The van der Waals surface area contributed by atoms with Crippen LogP contribution in [0.3, 0.4) is 0 Å². The smallest absolute Gasteiger partial charge is 0.207 e. The molecule has 0 bridgehead atoms. The second kappa shape index (κ2) is 8.01. The minimum absolute atomic E-state index is 0.00919. The number of benzene rings is 1. The Morgan fingerprint density at radius 2 is 1.78 bits per heavy atom. The molecular weight excluding hydrogens is 345 g/mol. The Bertz CT molecular complexity index is 704. The first-order chi connectivity index (χ1) is 13.0. The second-order valence-corrected chi connectivity index (χ2v) is 9.22. The van der Waals surface area contributed by atoms with Crippen molar-refractivity contribution in [2.24, 2.45) is 23.7 Å². The zero-order valence-corrected chi connectivity index (χ0v) is 16.3. The predicted octanol–water partition coefficient (Wildman–Crippen LogP) is 7.42. The summed E-state index contributed by atoms with van der Waals surface area (Å²) in [5.41, 5.74) is 3.52. The van der Waals surface area contributed by atoms with E-state index in [9.17, 15) is 13.2 Å². The lowest BCUT2D eigenvalue weighted by Crippen LogP contribution is -2.30. The summed E-state index contributed by atoms with van der Waals surface area (Å²) in [6, 6.07) is 4.00. The molecule has 1 aromatic rings. The first-order valence-electron chi connectivity index (χ1n) is 10.9. The number of hydrogen-bond donors (Lipinski definition) is 0. The molecule has 0 radical (unpaired) electrons. The van der Waals surface area contributed by atoms with Crippen LogP contribution in [-0.2, 0) is 12.8 Å². The third-order valence-corrected chi connectivity index (χ3v) is 7.68. The SMILES string of the molecule is CCC1CCc2cc(C3CCC4CC(C=C(F)F)CCC4C3)c(F)cc2C1. The monoisotopic (exact) mass is 376 g/mol. The molecule has 4 rings (SSSR count). The number of aryl methyl sites for hydroxylation is 1. The molecule has 2 saturated carbocycles. The minimum Gasteiger partial charge on any atom is -0.207 e. The van der Waals surface area contributed by atoms with Gasteiger partial charge >= 0.3 is 0 Å². The molecule has 5 atom stereocenters. The Kier molecular flexibility index (Phi) is 5.66. The molecule has 3 heteroatoms. The number of halogens is 3. The number of rotatable bonds is 3. The zero-order chi connectivity index (χ0) is 19.0. The molecule has 0 nitrogen and oxygen atoms in total. The minimum atomic E-state index is -1.53. The summed E-state index contributed by atoms with van der Waals surface area (Å²) in [7, 11) is 0. The molecule has 2 fully saturated rings. The van der Waals surface area contributed by atoms with Gasteiger partial charge in [-0.2, -0.15) is 8.78 Å². The average molecular weight is 377 g/mol. The first-order valence-corrected chi connectivity index (χ1v) is 10.9. The molecule has 0 aromatic heterocycles. The van der Waals surface area contributed by atoms with Gasteiger partial charge in [0, 0.05) is 0 Å². The fourth-order valence-electron chi connectivity index (χ4n) is 6.07. The summed E-state index contributed by atoms with van der Waals surface area (Å²) < 4.78 is 40.1. The van der Waals surface area contributed by atoms with Crippen LogP contribution in [0.2, 0.25) is 0 Å². The predicted molar refractivity (Wildman–Crippen MR) is 103 cm³/mol. The summed E-state index contributed by atoms with van der Waals surface area (Å²) in [4.78, 5) is 0. The van der Waals surface area contributed by atoms with Crippen LogP contribution in [-0.4, -0.2) is 0 Å². The molecule has 0 N–H and O–H groups in total. The van der Waals surface area contributed by atoms with Crippen LogP contribution in [0.1, 0.15) is 80.9 Å². The number of fused-ring (bicyclic) bond motifs is 2. The first kappa shape index (κ1) is 19.1. The van der Waals surface area contributed by atoms with Crippen molar-refractivity contribution in [1.82, 2.24) is 0 Å². The zero-order valence-electron chi connectivity index (χ0n) is 16.3. The van der Waals surface area contributed by atoms with Crippen molar-refractivity contribution in [3.8, 4) is 0 Å². The van der Waals surface area contributed by atoms with Crippen LogP contribution in [0.5, 0.6) is 0 Å². The Labute approximate surface area is 161 Å². The number of allylic oxidation sites excluding steroid dienone is 1. The molecule has 1 aromatic carbocycles. The molecule has 27 heavy (non-hydrogen) atoms. The van der Waals surface area contributed by atoms with Crippen molar-refractivity contribution in [3.63, 3.8) is 0 Å². The van der Waals surface area contributed by atoms with Crippen LogP contribution in [0.4, 0.5) is 13.2 Å². The van der Waals surface area contributed by atoms with E-state index in [4.69, 9.17) is 0 Å². The Balaban J connectivity index is 1.46. The molecule has 3 aliphatic rings. The Morgan fingerprint density at radius 3 is 2.56 bits per heavy atom. The van der Waals surface area contributed by atoms with Gasteiger partial charge in [-0.05, 0) is 116 Å². The number of hydrogen-bond acceptors (Lipinski definition) is 0. The molecule has 3 aliphatic carbocycles. The van der Waals surface area contributed by atoms with Gasteiger partial charge < -0.3 is 0 Å². The quantitative estimate of drug-likeness (QED) is 0.515. The van der Waals surface area contributed by atoms with Crippen LogP contribution >= 0.6 is 0 Å². The fourth-order valence-corrected chi connectivity index (χ4v) is 6.07. The van der Waals surface area contributed by atoms with Crippen LogP contribution < -0.4 is 0 Å². The third-order valence-electron chi connectivity index (χ3n) is 7.68. The highest BCUT2D eigenvalue weighted by Gasteiger charge is 2.36. The van der Waals surface area contributed by atoms with Crippen LogP contribution in [0.25, 0.3) is 0 Å². The molecule has 0 heterocycles. The van der Waals surface area contributed by atoms with Crippen molar-refractivity contribution in [2.75, 3.05) is 0 Å². The molecule has 148 valence electrons. The second-order valence-electron chi connectivity index (χ2n) is 9.22. The van der Waals surface area contributed by atoms with E-state index in [0.29, 0.717) is 23.7 Å². The van der Waals surface area contributed by atoms with Gasteiger partial charge in [-0.3, -0.25) is 0 Å². The highest BCUT2D eigenvalue weighted by atomic mass is 19.3. The van der Waals surface area contributed by atoms with Gasteiger partial charge in [0.05, 0.1) is 0 Å². The highest BCUT2D eigenvalue weighted by molar-refractivity contribution is 5.37. The van der Waals surface area contributed by atoms with Crippen molar-refractivity contribution >= 4 is 0 Å². The van der Waals surface area contributed by atoms with E-state index in [-0.39, 0.29) is 11.7 Å². The van der Waals surface area contributed by atoms with Gasteiger partial charge in [-0.1, -0.05) is 19.4 Å². The maximum atomic E-state index is 14.9. The summed E-state index contributed by atoms with van der Waals surface area (Å²) in [5.74, 6) is 2.17. The van der Waals surface area contributed by atoms with Gasteiger partial charge in [0.1, 0.15) is 5.82 Å². The van der Waals surface area contributed by atoms with Gasteiger partial charge in [-0.15, -0.1) is 0 Å². The molecule has 0 aliphatic heterocycles. The Morgan fingerprint density at radius 1 is 1.00 bits per heavy atom.